The fourth-order valence-electron chi connectivity index (χ4n) is 1.09. The van der Waals surface area contributed by atoms with Crippen molar-refractivity contribution >= 4 is 21.8 Å². The van der Waals surface area contributed by atoms with Crippen molar-refractivity contribution in [2.45, 2.75) is 19.1 Å². The molecule has 0 saturated heterocycles. The zero-order valence-corrected chi connectivity index (χ0v) is 9.73. The van der Waals surface area contributed by atoms with Gasteiger partial charge in [0.05, 0.1) is 0 Å². The van der Waals surface area contributed by atoms with Crippen LogP contribution < -0.4 is 5.32 Å². The SMILES string of the molecule is O=C(CC(F)(F)F)NCc1cccc(Br)c1. The number of halogens is 4. The summed E-state index contributed by atoms with van der Waals surface area (Å²) in [4.78, 5) is 10.9. The van der Waals surface area contributed by atoms with Crippen LogP contribution in [0.1, 0.15) is 12.0 Å². The molecule has 0 spiro atoms. The molecule has 0 aliphatic rings. The summed E-state index contributed by atoms with van der Waals surface area (Å²) < 4.78 is 36.3. The second-order valence-corrected chi connectivity index (χ2v) is 4.11. The first kappa shape index (κ1) is 13.0. The molecule has 1 aromatic rings. The number of hydrogen-bond acceptors (Lipinski definition) is 1. The highest BCUT2D eigenvalue weighted by molar-refractivity contribution is 9.10. The molecular formula is C10H9BrF3NO. The molecule has 16 heavy (non-hydrogen) atoms. The number of rotatable bonds is 3. The molecule has 1 N–H and O–H groups in total. The summed E-state index contributed by atoms with van der Waals surface area (Å²) >= 11 is 3.23. The van der Waals surface area contributed by atoms with Crippen molar-refractivity contribution in [1.29, 1.82) is 0 Å². The molecule has 0 aliphatic heterocycles. The van der Waals surface area contributed by atoms with Gasteiger partial charge in [0, 0.05) is 11.0 Å². The van der Waals surface area contributed by atoms with Crippen LogP contribution in [0.25, 0.3) is 0 Å². The first-order valence-corrected chi connectivity index (χ1v) is 5.24. The third-order valence-corrected chi connectivity index (χ3v) is 2.23. The maximum Gasteiger partial charge on any atom is 0.397 e. The third-order valence-electron chi connectivity index (χ3n) is 1.74. The van der Waals surface area contributed by atoms with Gasteiger partial charge >= 0.3 is 6.18 Å². The first-order valence-electron chi connectivity index (χ1n) is 4.45. The Bertz CT molecular complexity index is 379. The van der Waals surface area contributed by atoms with Crippen molar-refractivity contribution < 1.29 is 18.0 Å². The molecule has 0 radical (unpaired) electrons. The van der Waals surface area contributed by atoms with Crippen LogP contribution in [-0.2, 0) is 11.3 Å². The minimum Gasteiger partial charge on any atom is -0.352 e. The topological polar surface area (TPSA) is 29.1 Å². The van der Waals surface area contributed by atoms with Crippen LogP contribution in [0.4, 0.5) is 13.2 Å². The van der Waals surface area contributed by atoms with E-state index < -0.39 is 18.5 Å². The maximum absolute atomic E-state index is 11.8. The Hall–Kier alpha value is -1.04. The zero-order valence-electron chi connectivity index (χ0n) is 8.14. The quantitative estimate of drug-likeness (QED) is 0.912. The van der Waals surface area contributed by atoms with Crippen LogP contribution >= 0.6 is 15.9 Å². The van der Waals surface area contributed by atoms with Gasteiger partial charge in [0.15, 0.2) is 0 Å². The Labute approximate surface area is 99.0 Å². The zero-order chi connectivity index (χ0) is 12.2. The molecule has 1 amide bonds. The van der Waals surface area contributed by atoms with Crippen LogP contribution in [0.2, 0.25) is 0 Å². The van der Waals surface area contributed by atoms with Gasteiger partial charge in [-0.05, 0) is 17.7 Å². The molecule has 0 unspecified atom stereocenters. The average Bonchev–Trinajstić information content (AvgIpc) is 2.12. The molecule has 1 rings (SSSR count). The predicted molar refractivity (Wildman–Crippen MR) is 56.7 cm³/mol. The van der Waals surface area contributed by atoms with E-state index in [1.165, 1.54) is 0 Å². The Morgan fingerprint density at radius 2 is 2.06 bits per heavy atom. The second kappa shape index (κ2) is 5.34. The van der Waals surface area contributed by atoms with Crippen LogP contribution in [0.3, 0.4) is 0 Å². The molecule has 2 nitrogen and oxygen atoms in total. The van der Waals surface area contributed by atoms with Gasteiger partial charge in [-0.3, -0.25) is 4.79 Å². The average molecular weight is 296 g/mol. The summed E-state index contributed by atoms with van der Waals surface area (Å²) in [5.41, 5.74) is 0.741. The van der Waals surface area contributed by atoms with Crippen molar-refractivity contribution in [3.05, 3.63) is 34.3 Å². The summed E-state index contributed by atoms with van der Waals surface area (Å²) in [6.07, 6.45) is -5.90. The number of amides is 1. The summed E-state index contributed by atoms with van der Waals surface area (Å²) in [6.45, 7) is 0.0916. The number of carbonyl (C=O) groups is 1. The summed E-state index contributed by atoms with van der Waals surface area (Å²) in [7, 11) is 0. The van der Waals surface area contributed by atoms with E-state index in [0.717, 1.165) is 10.0 Å². The third kappa shape index (κ3) is 5.16. The van der Waals surface area contributed by atoms with E-state index >= 15 is 0 Å². The van der Waals surface area contributed by atoms with Crippen molar-refractivity contribution in [2.24, 2.45) is 0 Å². The van der Waals surface area contributed by atoms with Gasteiger partial charge in [-0.15, -0.1) is 0 Å². The lowest BCUT2D eigenvalue weighted by Crippen LogP contribution is -2.28. The highest BCUT2D eigenvalue weighted by Crippen LogP contribution is 2.19. The van der Waals surface area contributed by atoms with Crippen LogP contribution in [-0.4, -0.2) is 12.1 Å². The fourth-order valence-corrected chi connectivity index (χ4v) is 1.54. The molecule has 0 atom stereocenters. The van der Waals surface area contributed by atoms with E-state index in [-0.39, 0.29) is 6.54 Å². The highest BCUT2D eigenvalue weighted by Gasteiger charge is 2.30. The van der Waals surface area contributed by atoms with E-state index in [1.807, 2.05) is 0 Å². The first-order chi connectivity index (χ1) is 7.37. The maximum atomic E-state index is 11.8. The smallest absolute Gasteiger partial charge is 0.352 e. The van der Waals surface area contributed by atoms with Crippen LogP contribution in [0.5, 0.6) is 0 Å². The summed E-state index contributed by atoms with van der Waals surface area (Å²) in [5.74, 6) is -1.02. The molecule has 6 heteroatoms. The number of nitrogens with one attached hydrogen (secondary N) is 1. The van der Waals surface area contributed by atoms with Crippen molar-refractivity contribution in [1.82, 2.24) is 5.32 Å². The number of alkyl halides is 3. The van der Waals surface area contributed by atoms with Gasteiger partial charge in [-0.2, -0.15) is 13.2 Å². The van der Waals surface area contributed by atoms with E-state index in [4.69, 9.17) is 0 Å². The van der Waals surface area contributed by atoms with Gasteiger partial charge in [-0.25, -0.2) is 0 Å². The van der Waals surface area contributed by atoms with E-state index in [2.05, 4.69) is 21.2 Å². The molecule has 0 bridgehead atoms. The lowest BCUT2D eigenvalue weighted by molar-refractivity contribution is -0.153. The Kier molecular flexibility index (Phi) is 4.35. The standard InChI is InChI=1S/C10H9BrF3NO/c11-8-3-1-2-7(4-8)6-15-9(16)5-10(12,13)14/h1-4H,5-6H2,(H,15,16). The van der Waals surface area contributed by atoms with Crippen molar-refractivity contribution in [3.63, 3.8) is 0 Å². The molecule has 0 heterocycles. The molecular weight excluding hydrogens is 287 g/mol. The minimum atomic E-state index is -4.46. The van der Waals surface area contributed by atoms with E-state index in [1.54, 1.807) is 24.3 Å². The normalized spacial score (nSPS) is 11.2. The van der Waals surface area contributed by atoms with Gasteiger partial charge in [-0.1, -0.05) is 28.1 Å². The van der Waals surface area contributed by atoms with E-state index in [9.17, 15) is 18.0 Å². The van der Waals surface area contributed by atoms with Crippen molar-refractivity contribution in [3.8, 4) is 0 Å². The Morgan fingerprint density at radius 3 is 2.62 bits per heavy atom. The molecule has 0 aromatic heterocycles. The van der Waals surface area contributed by atoms with Gasteiger partial charge in [0.25, 0.3) is 0 Å². The summed E-state index contributed by atoms with van der Waals surface area (Å²) in [5, 5.41) is 2.20. The molecule has 88 valence electrons. The van der Waals surface area contributed by atoms with Gasteiger partial charge < -0.3 is 5.32 Å². The fraction of sp³-hybridized carbons (Fsp3) is 0.300. The largest absolute Gasteiger partial charge is 0.397 e. The second-order valence-electron chi connectivity index (χ2n) is 3.20. The lowest BCUT2D eigenvalue weighted by Gasteiger charge is -2.07. The molecule has 1 aromatic carbocycles. The molecule has 0 aliphatic carbocycles. The van der Waals surface area contributed by atoms with E-state index in [0.29, 0.717) is 0 Å². The van der Waals surface area contributed by atoms with Crippen LogP contribution in [0, 0.1) is 0 Å². The van der Waals surface area contributed by atoms with Gasteiger partial charge in [0.2, 0.25) is 5.91 Å². The molecule has 0 fully saturated rings. The Balaban J connectivity index is 2.43. The van der Waals surface area contributed by atoms with Crippen LogP contribution in [0.15, 0.2) is 28.7 Å². The number of carbonyl (C=O) groups excluding carboxylic acids is 1. The highest BCUT2D eigenvalue weighted by atomic mass is 79.9. The predicted octanol–water partition coefficient (Wildman–Crippen LogP) is 3.02. The monoisotopic (exact) mass is 295 g/mol. The van der Waals surface area contributed by atoms with Gasteiger partial charge in [0.1, 0.15) is 6.42 Å². The number of benzene rings is 1. The Morgan fingerprint density at radius 1 is 1.38 bits per heavy atom. The summed E-state index contributed by atoms with van der Waals surface area (Å²) in [6, 6.07) is 6.99. The lowest BCUT2D eigenvalue weighted by atomic mass is 10.2. The minimum absolute atomic E-state index is 0.0916. The molecule has 0 saturated carbocycles. The van der Waals surface area contributed by atoms with Crippen molar-refractivity contribution in [2.75, 3.05) is 0 Å². The number of hydrogen-bond donors (Lipinski definition) is 1.